The molecule has 3 aromatic rings. The van der Waals surface area contributed by atoms with Gasteiger partial charge in [-0.2, -0.15) is 0 Å². The van der Waals surface area contributed by atoms with Crippen molar-refractivity contribution in [2.24, 2.45) is 0 Å². The first-order chi connectivity index (χ1) is 15.4. The summed E-state index contributed by atoms with van der Waals surface area (Å²) in [7, 11) is 0. The molecule has 1 heterocycles. The Balaban J connectivity index is 1.62. The van der Waals surface area contributed by atoms with E-state index in [0.717, 1.165) is 36.1 Å². The number of aromatic nitrogens is 1. The van der Waals surface area contributed by atoms with Crippen LogP contribution in [-0.2, 0) is 12.2 Å². The van der Waals surface area contributed by atoms with Gasteiger partial charge in [0, 0.05) is 17.0 Å². The van der Waals surface area contributed by atoms with Crippen LogP contribution in [0.3, 0.4) is 0 Å². The van der Waals surface area contributed by atoms with Gasteiger partial charge in [0.25, 0.3) is 0 Å². The maximum atomic E-state index is 11.0. The molecular weight excluding hydrogens is 469 g/mol. The van der Waals surface area contributed by atoms with Crippen LogP contribution < -0.4 is 4.74 Å². The summed E-state index contributed by atoms with van der Waals surface area (Å²) < 4.78 is 11.8. The lowest BCUT2D eigenvalue weighted by atomic mass is 9.87. The van der Waals surface area contributed by atoms with E-state index >= 15 is 0 Å². The Morgan fingerprint density at radius 3 is 2.41 bits per heavy atom. The largest absolute Gasteiger partial charge is 0.489 e. The lowest BCUT2D eigenvalue weighted by molar-refractivity contribution is 0.0227. The highest BCUT2D eigenvalue weighted by atomic mass is 35.5. The van der Waals surface area contributed by atoms with E-state index in [-0.39, 0.29) is 6.61 Å². The van der Waals surface area contributed by atoms with Crippen LogP contribution in [0.25, 0.3) is 11.3 Å². The third kappa shape index (κ3) is 4.65. The van der Waals surface area contributed by atoms with Crippen LogP contribution in [-0.4, -0.2) is 10.3 Å². The number of benzene rings is 2. The standard InChI is InChI=1S/C25H26Cl3NO3/c1-3-12-25(30,4-2)18-11-10-16(13-21(18)28)31-14-17-23(29-32-24(17)15-8-9-15)22-19(26)6-5-7-20(22)27/h5-7,10-11,13,15,30H,3-4,8-9,12,14H2,1-2H3. The maximum Gasteiger partial charge on any atom is 0.147 e. The minimum atomic E-state index is -0.939. The molecule has 2 aromatic carbocycles. The van der Waals surface area contributed by atoms with Gasteiger partial charge in [-0.1, -0.05) is 72.4 Å². The van der Waals surface area contributed by atoms with Crippen molar-refractivity contribution >= 4 is 34.8 Å². The SMILES string of the molecule is CCCC(O)(CC)c1ccc(OCc2c(-c3c(Cl)cccc3Cl)noc2C2CC2)cc1Cl. The fourth-order valence-corrected chi connectivity index (χ4v) is 5.01. The Morgan fingerprint density at radius 2 is 1.81 bits per heavy atom. The highest BCUT2D eigenvalue weighted by Crippen LogP contribution is 2.46. The number of hydrogen-bond donors (Lipinski definition) is 1. The molecule has 0 amide bonds. The van der Waals surface area contributed by atoms with Gasteiger partial charge < -0.3 is 14.4 Å². The van der Waals surface area contributed by atoms with E-state index in [4.69, 9.17) is 44.1 Å². The van der Waals surface area contributed by atoms with Crippen LogP contribution in [0, 0.1) is 0 Å². The second-order valence-electron chi connectivity index (χ2n) is 8.31. The average Bonchev–Trinajstić information content (AvgIpc) is 3.53. The number of aliphatic hydroxyl groups is 1. The molecule has 1 atom stereocenters. The van der Waals surface area contributed by atoms with Crippen LogP contribution in [0.5, 0.6) is 5.75 Å². The minimum absolute atomic E-state index is 0.245. The van der Waals surface area contributed by atoms with Crippen LogP contribution in [0.4, 0.5) is 0 Å². The zero-order valence-electron chi connectivity index (χ0n) is 18.1. The summed E-state index contributed by atoms with van der Waals surface area (Å²) in [6.07, 6.45) is 4.23. The molecule has 0 radical (unpaired) electrons. The average molecular weight is 495 g/mol. The van der Waals surface area contributed by atoms with E-state index in [1.54, 1.807) is 24.3 Å². The topological polar surface area (TPSA) is 55.5 Å². The van der Waals surface area contributed by atoms with Gasteiger partial charge in [-0.3, -0.25) is 0 Å². The molecule has 7 heteroatoms. The van der Waals surface area contributed by atoms with Gasteiger partial charge in [0.2, 0.25) is 0 Å². The summed E-state index contributed by atoms with van der Waals surface area (Å²) in [6.45, 7) is 4.25. The monoisotopic (exact) mass is 493 g/mol. The third-order valence-corrected chi connectivity index (χ3v) is 6.98. The first kappa shape index (κ1) is 23.4. The van der Waals surface area contributed by atoms with Crippen LogP contribution in [0.15, 0.2) is 40.9 Å². The van der Waals surface area contributed by atoms with Crippen molar-refractivity contribution in [3.05, 3.63) is 68.4 Å². The van der Waals surface area contributed by atoms with Crippen molar-refractivity contribution in [3.8, 4) is 17.0 Å². The molecular formula is C25H26Cl3NO3. The van der Waals surface area contributed by atoms with Crippen molar-refractivity contribution in [2.45, 2.75) is 64.1 Å². The van der Waals surface area contributed by atoms with Gasteiger partial charge in [0.1, 0.15) is 23.8 Å². The molecule has 170 valence electrons. The molecule has 1 aliphatic carbocycles. The van der Waals surface area contributed by atoms with Gasteiger partial charge >= 0.3 is 0 Å². The molecule has 32 heavy (non-hydrogen) atoms. The Kier molecular flexibility index (Phi) is 7.06. The highest BCUT2D eigenvalue weighted by Gasteiger charge is 2.34. The summed E-state index contributed by atoms with van der Waals surface area (Å²) in [6, 6.07) is 10.8. The Hall–Kier alpha value is -1.72. The summed E-state index contributed by atoms with van der Waals surface area (Å²) in [5.41, 5.74) is 1.88. The van der Waals surface area contributed by atoms with E-state index in [1.807, 2.05) is 26.0 Å². The molecule has 1 fully saturated rings. The summed E-state index contributed by atoms with van der Waals surface area (Å²) >= 11 is 19.4. The van der Waals surface area contributed by atoms with Crippen molar-refractivity contribution < 1.29 is 14.4 Å². The van der Waals surface area contributed by atoms with Crippen molar-refractivity contribution in [2.75, 3.05) is 0 Å². The highest BCUT2D eigenvalue weighted by molar-refractivity contribution is 6.39. The van der Waals surface area contributed by atoms with Gasteiger partial charge in [-0.05, 0) is 49.9 Å². The van der Waals surface area contributed by atoms with E-state index in [2.05, 4.69) is 5.16 Å². The maximum absolute atomic E-state index is 11.0. The minimum Gasteiger partial charge on any atom is -0.489 e. The van der Waals surface area contributed by atoms with E-state index in [1.165, 1.54) is 0 Å². The summed E-state index contributed by atoms with van der Waals surface area (Å²) in [5.74, 6) is 1.77. The first-order valence-electron chi connectivity index (χ1n) is 11.0. The fourth-order valence-electron chi connectivity index (χ4n) is 4.08. The number of hydrogen-bond acceptors (Lipinski definition) is 4. The smallest absolute Gasteiger partial charge is 0.147 e. The lowest BCUT2D eigenvalue weighted by Crippen LogP contribution is -2.24. The van der Waals surface area contributed by atoms with Crippen LogP contribution in [0.1, 0.15) is 68.8 Å². The zero-order chi connectivity index (χ0) is 22.9. The molecule has 0 bridgehead atoms. The number of nitrogens with zero attached hydrogens (tertiary/aromatic N) is 1. The molecule has 1 aliphatic rings. The molecule has 0 spiro atoms. The Morgan fingerprint density at radius 1 is 1.09 bits per heavy atom. The quantitative estimate of drug-likeness (QED) is 0.326. The van der Waals surface area contributed by atoms with E-state index in [9.17, 15) is 5.11 Å². The second-order valence-corrected chi connectivity index (χ2v) is 9.53. The van der Waals surface area contributed by atoms with Gasteiger partial charge in [-0.25, -0.2) is 0 Å². The second kappa shape index (κ2) is 9.64. The van der Waals surface area contributed by atoms with Gasteiger partial charge in [0.15, 0.2) is 0 Å². The lowest BCUT2D eigenvalue weighted by Gasteiger charge is -2.28. The molecule has 1 N–H and O–H groups in total. The molecule has 0 aliphatic heterocycles. The fraction of sp³-hybridized carbons (Fsp3) is 0.400. The zero-order valence-corrected chi connectivity index (χ0v) is 20.4. The Labute approximate surface area is 203 Å². The number of rotatable bonds is 9. The molecule has 0 saturated heterocycles. The van der Waals surface area contributed by atoms with Gasteiger partial charge in [0.05, 0.1) is 26.2 Å². The number of halogens is 3. The molecule has 1 aromatic heterocycles. The summed E-state index contributed by atoms with van der Waals surface area (Å²) in [4.78, 5) is 0. The molecule has 1 unspecified atom stereocenters. The summed E-state index contributed by atoms with van der Waals surface area (Å²) in [5, 5.41) is 16.8. The van der Waals surface area contributed by atoms with E-state index in [0.29, 0.717) is 50.8 Å². The molecule has 1 saturated carbocycles. The first-order valence-corrected chi connectivity index (χ1v) is 12.1. The van der Waals surface area contributed by atoms with E-state index < -0.39 is 5.60 Å². The third-order valence-electron chi connectivity index (χ3n) is 6.04. The van der Waals surface area contributed by atoms with Crippen molar-refractivity contribution in [1.82, 2.24) is 5.16 Å². The number of ether oxygens (including phenoxy) is 1. The molecule has 4 nitrogen and oxygen atoms in total. The Bertz CT molecular complexity index is 1090. The van der Waals surface area contributed by atoms with Crippen molar-refractivity contribution in [3.63, 3.8) is 0 Å². The molecule has 4 rings (SSSR count). The normalized spacial score (nSPS) is 15.6. The predicted octanol–water partition coefficient (Wildman–Crippen LogP) is 8.16. The van der Waals surface area contributed by atoms with Gasteiger partial charge in [-0.15, -0.1) is 0 Å². The predicted molar refractivity (Wildman–Crippen MR) is 129 cm³/mol. The van der Waals surface area contributed by atoms with Crippen LogP contribution in [0.2, 0.25) is 15.1 Å². The van der Waals surface area contributed by atoms with Crippen LogP contribution >= 0.6 is 34.8 Å². The van der Waals surface area contributed by atoms with Crippen molar-refractivity contribution in [1.29, 1.82) is 0 Å².